The van der Waals surface area contributed by atoms with Crippen LogP contribution < -0.4 is 5.32 Å². The number of aryl methyl sites for hydroxylation is 1. The molecule has 0 aliphatic heterocycles. The highest BCUT2D eigenvalue weighted by molar-refractivity contribution is 5.89. The van der Waals surface area contributed by atoms with Crippen LogP contribution in [0, 0.1) is 18.3 Å². The lowest BCUT2D eigenvalue weighted by Gasteiger charge is -2.14. The first-order valence-corrected chi connectivity index (χ1v) is 4.59. The molecule has 78 valence electrons. The molecule has 0 fully saturated rings. The number of urea groups is 1. The Balaban J connectivity index is 2.63. The number of carbonyl (C=O) groups excluding carboxylic acids is 1. The number of hydrogen-bond donors (Lipinski definition) is 1. The van der Waals surface area contributed by atoms with E-state index < -0.39 is 0 Å². The molecule has 15 heavy (non-hydrogen) atoms. The third-order valence-electron chi connectivity index (χ3n) is 1.92. The largest absolute Gasteiger partial charge is 0.322 e. The lowest BCUT2D eigenvalue weighted by Crippen LogP contribution is -2.31. The summed E-state index contributed by atoms with van der Waals surface area (Å²) in [6, 6.07) is 9.14. The number of anilines is 1. The van der Waals surface area contributed by atoms with Gasteiger partial charge in [-0.1, -0.05) is 12.1 Å². The van der Waals surface area contributed by atoms with Crippen LogP contribution in [0.5, 0.6) is 0 Å². The molecule has 1 aromatic carbocycles. The molecule has 0 aliphatic rings. The van der Waals surface area contributed by atoms with Gasteiger partial charge in [-0.25, -0.2) is 4.79 Å². The number of nitrogens with zero attached hydrogens (tertiary/aromatic N) is 2. The Morgan fingerprint density at radius 3 is 2.93 bits per heavy atom. The number of hydrogen-bond acceptors (Lipinski definition) is 2. The highest BCUT2D eigenvalue weighted by atomic mass is 16.2. The molecule has 0 aromatic heterocycles. The van der Waals surface area contributed by atoms with E-state index in [1.54, 1.807) is 7.05 Å². The average molecular weight is 203 g/mol. The Bertz CT molecular complexity index is 395. The van der Waals surface area contributed by atoms with Crippen LogP contribution >= 0.6 is 0 Å². The van der Waals surface area contributed by atoms with E-state index in [4.69, 9.17) is 5.26 Å². The topological polar surface area (TPSA) is 56.1 Å². The number of amides is 2. The summed E-state index contributed by atoms with van der Waals surface area (Å²) in [5.74, 6) is 0. The Kier molecular flexibility index (Phi) is 3.69. The Labute approximate surface area is 89.1 Å². The van der Waals surface area contributed by atoms with Crippen molar-refractivity contribution in [3.63, 3.8) is 0 Å². The first-order chi connectivity index (χ1) is 7.13. The average Bonchev–Trinajstić information content (AvgIpc) is 2.18. The third-order valence-corrected chi connectivity index (χ3v) is 1.92. The van der Waals surface area contributed by atoms with Gasteiger partial charge in [0.2, 0.25) is 0 Å². The maximum absolute atomic E-state index is 11.5. The summed E-state index contributed by atoms with van der Waals surface area (Å²) in [5.41, 5.74) is 1.82. The van der Waals surface area contributed by atoms with Gasteiger partial charge < -0.3 is 10.2 Å². The molecular weight excluding hydrogens is 190 g/mol. The van der Waals surface area contributed by atoms with Gasteiger partial charge in [-0.15, -0.1) is 0 Å². The van der Waals surface area contributed by atoms with Crippen LogP contribution in [0.3, 0.4) is 0 Å². The number of nitriles is 1. The van der Waals surface area contributed by atoms with Crippen molar-refractivity contribution >= 4 is 11.7 Å². The summed E-state index contributed by atoms with van der Waals surface area (Å²) in [6.45, 7) is 2.03. The summed E-state index contributed by atoms with van der Waals surface area (Å²) in [4.78, 5) is 12.8. The quantitative estimate of drug-likeness (QED) is 0.747. The molecule has 2 amide bonds. The number of benzene rings is 1. The maximum atomic E-state index is 11.5. The van der Waals surface area contributed by atoms with E-state index in [1.165, 1.54) is 4.90 Å². The van der Waals surface area contributed by atoms with Crippen LogP contribution in [0.1, 0.15) is 5.56 Å². The van der Waals surface area contributed by atoms with E-state index in [2.05, 4.69) is 5.32 Å². The zero-order valence-electron chi connectivity index (χ0n) is 8.82. The zero-order chi connectivity index (χ0) is 11.3. The number of rotatable bonds is 2. The Hall–Kier alpha value is -2.02. The van der Waals surface area contributed by atoms with Crippen molar-refractivity contribution in [1.29, 1.82) is 5.26 Å². The molecule has 0 bridgehead atoms. The van der Waals surface area contributed by atoms with Gasteiger partial charge >= 0.3 is 6.03 Å². The van der Waals surface area contributed by atoms with Gasteiger partial charge in [0, 0.05) is 12.7 Å². The molecule has 0 saturated heterocycles. The van der Waals surface area contributed by atoms with Gasteiger partial charge in [0.1, 0.15) is 6.54 Å². The minimum Gasteiger partial charge on any atom is -0.314 e. The zero-order valence-corrected chi connectivity index (χ0v) is 8.82. The summed E-state index contributed by atoms with van der Waals surface area (Å²) < 4.78 is 0. The molecule has 0 aliphatic carbocycles. The van der Waals surface area contributed by atoms with E-state index in [1.807, 2.05) is 37.3 Å². The SMILES string of the molecule is Cc1cccc(NC(=O)N(C)CC#N)c1. The van der Waals surface area contributed by atoms with E-state index in [-0.39, 0.29) is 12.6 Å². The monoisotopic (exact) mass is 203 g/mol. The Morgan fingerprint density at radius 1 is 1.60 bits per heavy atom. The van der Waals surface area contributed by atoms with Crippen molar-refractivity contribution in [1.82, 2.24) is 4.90 Å². The van der Waals surface area contributed by atoms with Crippen molar-refractivity contribution in [2.24, 2.45) is 0 Å². The third kappa shape index (κ3) is 3.31. The van der Waals surface area contributed by atoms with Crippen molar-refractivity contribution in [3.8, 4) is 6.07 Å². The van der Waals surface area contributed by atoms with Crippen LogP contribution in [0.2, 0.25) is 0 Å². The van der Waals surface area contributed by atoms with E-state index in [9.17, 15) is 4.79 Å². The van der Waals surface area contributed by atoms with Gasteiger partial charge in [-0.3, -0.25) is 0 Å². The van der Waals surface area contributed by atoms with E-state index in [0.717, 1.165) is 11.3 Å². The first-order valence-electron chi connectivity index (χ1n) is 4.59. The minimum atomic E-state index is -0.276. The van der Waals surface area contributed by atoms with Crippen LogP contribution in [0.4, 0.5) is 10.5 Å². The lowest BCUT2D eigenvalue weighted by molar-refractivity contribution is 0.227. The van der Waals surface area contributed by atoms with Crippen LogP contribution in [-0.4, -0.2) is 24.5 Å². The van der Waals surface area contributed by atoms with E-state index in [0.29, 0.717) is 0 Å². The highest BCUT2D eigenvalue weighted by Crippen LogP contribution is 2.09. The number of carbonyl (C=O) groups is 1. The van der Waals surface area contributed by atoms with Crippen molar-refractivity contribution in [2.75, 3.05) is 18.9 Å². The van der Waals surface area contributed by atoms with Gasteiger partial charge in [-0.2, -0.15) is 5.26 Å². The lowest BCUT2D eigenvalue weighted by atomic mass is 10.2. The maximum Gasteiger partial charge on any atom is 0.322 e. The molecule has 1 N–H and O–H groups in total. The molecule has 0 atom stereocenters. The summed E-state index contributed by atoms with van der Waals surface area (Å²) in [7, 11) is 1.58. The second kappa shape index (κ2) is 5.01. The fourth-order valence-corrected chi connectivity index (χ4v) is 1.12. The van der Waals surface area contributed by atoms with Crippen LogP contribution in [-0.2, 0) is 0 Å². The van der Waals surface area contributed by atoms with Gasteiger partial charge in [0.05, 0.1) is 6.07 Å². The summed E-state index contributed by atoms with van der Waals surface area (Å²) in [5, 5.41) is 11.1. The fourth-order valence-electron chi connectivity index (χ4n) is 1.12. The Morgan fingerprint density at radius 2 is 2.33 bits per heavy atom. The molecule has 4 heteroatoms. The second-order valence-electron chi connectivity index (χ2n) is 3.31. The molecule has 0 unspecified atom stereocenters. The highest BCUT2D eigenvalue weighted by Gasteiger charge is 2.07. The van der Waals surface area contributed by atoms with Gasteiger partial charge in [0.15, 0.2) is 0 Å². The van der Waals surface area contributed by atoms with Crippen molar-refractivity contribution in [2.45, 2.75) is 6.92 Å². The molecule has 1 aromatic rings. The predicted octanol–water partition coefficient (Wildman–Crippen LogP) is 1.98. The van der Waals surface area contributed by atoms with Gasteiger partial charge in [0.25, 0.3) is 0 Å². The molecule has 4 nitrogen and oxygen atoms in total. The molecule has 0 radical (unpaired) electrons. The standard InChI is InChI=1S/C11H13N3O/c1-9-4-3-5-10(8-9)13-11(15)14(2)7-6-12/h3-5,8H,7H2,1-2H3,(H,13,15). The second-order valence-corrected chi connectivity index (χ2v) is 3.31. The predicted molar refractivity (Wildman–Crippen MR) is 58.4 cm³/mol. The molecule has 0 spiro atoms. The fraction of sp³-hybridized carbons (Fsp3) is 0.273. The van der Waals surface area contributed by atoms with Crippen molar-refractivity contribution in [3.05, 3.63) is 29.8 Å². The summed E-state index contributed by atoms with van der Waals surface area (Å²) >= 11 is 0. The van der Waals surface area contributed by atoms with E-state index >= 15 is 0 Å². The number of nitrogens with one attached hydrogen (secondary N) is 1. The first kappa shape index (κ1) is 11.1. The molecule has 0 saturated carbocycles. The molecular formula is C11H13N3O. The minimum absolute atomic E-state index is 0.0810. The smallest absolute Gasteiger partial charge is 0.314 e. The van der Waals surface area contributed by atoms with Gasteiger partial charge in [-0.05, 0) is 24.6 Å². The van der Waals surface area contributed by atoms with Crippen LogP contribution in [0.15, 0.2) is 24.3 Å². The van der Waals surface area contributed by atoms with Crippen molar-refractivity contribution < 1.29 is 4.79 Å². The summed E-state index contributed by atoms with van der Waals surface area (Å²) in [6.07, 6.45) is 0. The molecule has 1 rings (SSSR count). The normalized spacial score (nSPS) is 9.13. The van der Waals surface area contributed by atoms with Crippen LogP contribution in [0.25, 0.3) is 0 Å². The molecule has 0 heterocycles.